The summed E-state index contributed by atoms with van der Waals surface area (Å²) in [7, 11) is 1.02. The smallest absolute Gasteiger partial charge is 0.456 e. The predicted octanol–water partition coefficient (Wildman–Crippen LogP) is 4.11. The number of fused-ring (bicyclic) bond motifs is 5. The standard InChI is InChI=1S/C43H53NO16S/c1-21-25(56-36(50)30(47)29(24-15-16-61-19-24)44-37(51)60-39(3,4)5)18-43(53)34(58-35(49)23-13-11-10-12-14-23)32-41(8,26(46)17-27-42(32,20-55-27)59-22(2)45)33(48)31(57-38(52)54-9)28(21)40(43,6)7/h10-16,19,25-27,29-32,34,46-47,53H,17-18,20H2,1-9H3,(H,44,51)/t25-,26-,27+,29-,30+,31+,32?,34?,41+,42-,43+/m0/s1. The van der Waals surface area contributed by atoms with Gasteiger partial charge in [-0.1, -0.05) is 32.0 Å². The van der Waals surface area contributed by atoms with Crippen molar-refractivity contribution >= 4 is 47.3 Å². The van der Waals surface area contributed by atoms with Crippen LogP contribution in [0.25, 0.3) is 0 Å². The van der Waals surface area contributed by atoms with Crippen LogP contribution < -0.4 is 5.32 Å². The number of ketones is 1. The van der Waals surface area contributed by atoms with Gasteiger partial charge in [0.15, 0.2) is 23.6 Å². The van der Waals surface area contributed by atoms with Gasteiger partial charge in [0.05, 0.1) is 42.8 Å². The molecule has 0 radical (unpaired) electrons. The monoisotopic (exact) mass is 871 g/mol. The number of aliphatic hydroxyl groups excluding tert-OH is 2. The fourth-order valence-corrected chi connectivity index (χ4v) is 10.3. The highest BCUT2D eigenvalue weighted by Gasteiger charge is 2.78. The lowest BCUT2D eigenvalue weighted by molar-refractivity contribution is -0.346. The Morgan fingerprint density at radius 3 is 2.25 bits per heavy atom. The number of amides is 1. The van der Waals surface area contributed by atoms with Crippen molar-refractivity contribution in [3.8, 4) is 0 Å². The van der Waals surface area contributed by atoms with Crippen LogP contribution >= 0.6 is 11.3 Å². The number of methoxy groups -OCH3 is 1. The molecule has 6 rings (SSSR count). The first-order valence-electron chi connectivity index (χ1n) is 19.8. The first kappa shape index (κ1) is 45.6. The second-order valence-corrected chi connectivity index (χ2v) is 18.5. The van der Waals surface area contributed by atoms with Crippen LogP contribution in [0.3, 0.4) is 0 Å². The SMILES string of the molecule is COC(=O)O[C@H]1C(=O)[C@@]2(C)C(C(OC(=O)c3ccccc3)[C@]3(O)C[C@H](OC(=O)[C@H](O)[C@@H](NC(=O)OC(C)(C)C)c4ccsc4)C(C)=C1C3(C)C)[C@]1(OC(C)=O)CO[C@@H]1C[C@@H]2O. The highest BCUT2D eigenvalue weighted by atomic mass is 32.1. The summed E-state index contributed by atoms with van der Waals surface area (Å²) in [4.78, 5) is 82.9. The molecule has 2 aromatic rings. The van der Waals surface area contributed by atoms with Crippen LogP contribution in [0, 0.1) is 16.7 Å². The summed E-state index contributed by atoms with van der Waals surface area (Å²) in [6.45, 7) is 11.6. The quantitative estimate of drug-likeness (QED) is 0.158. The van der Waals surface area contributed by atoms with Gasteiger partial charge in [0, 0.05) is 25.2 Å². The molecule has 3 aliphatic carbocycles. The van der Waals surface area contributed by atoms with E-state index < -0.39 is 119 Å². The number of aliphatic hydroxyl groups is 3. The lowest BCUT2D eigenvalue weighted by Crippen LogP contribution is -2.82. The maximum Gasteiger partial charge on any atom is 0.509 e. The molecule has 17 nitrogen and oxygen atoms in total. The second-order valence-electron chi connectivity index (χ2n) is 17.8. The molecule has 1 aromatic heterocycles. The molecular formula is C43H53NO16S. The number of rotatable bonds is 9. The van der Waals surface area contributed by atoms with Gasteiger partial charge in [0.1, 0.15) is 29.5 Å². The average molecular weight is 872 g/mol. The van der Waals surface area contributed by atoms with Crippen LogP contribution in [0.5, 0.6) is 0 Å². The van der Waals surface area contributed by atoms with Crippen molar-refractivity contribution in [2.45, 2.75) is 128 Å². The van der Waals surface area contributed by atoms with Crippen molar-refractivity contribution in [1.29, 1.82) is 0 Å². The third kappa shape index (κ3) is 7.92. The Balaban J connectivity index is 1.54. The molecule has 2 bridgehead atoms. The van der Waals surface area contributed by atoms with E-state index in [-0.39, 0.29) is 29.7 Å². The molecule has 2 saturated carbocycles. The van der Waals surface area contributed by atoms with Crippen LogP contribution in [0.4, 0.5) is 9.59 Å². The summed E-state index contributed by atoms with van der Waals surface area (Å²) in [5.74, 6) is -5.55. The topological polar surface area (TPSA) is 240 Å². The molecule has 11 atom stereocenters. The molecule has 1 amide bonds. The van der Waals surface area contributed by atoms with Gasteiger partial charge in [-0.3, -0.25) is 9.59 Å². The van der Waals surface area contributed by atoms with Gasteiger partial charge < -0.3 is 53.8 Å². The number of nitrogens with one attached hydrogen (secondary N) is 1. The van der Waals surface area contributed by atoms with Gasteiger partial charge in [-0.05, 0) is 80.3 Å². The summed E-state index contributed by atoms with van der Waals surface area (Å²) in [6.07, 6.45) is -13.1. The zero-order valence-corrected chi connectivity index (χ0v) is 36.2. The third-order valence-electron chi connectivity index (χ3n) is 12.7. The summed E-state index contributed by atoms with van der Waals surface area (Å²) in [5, 5.41) is 43.1. The predicted molar refractivity (Wildman–Crippen MR) is 213 cm³/mol. The minimum absolute atomic E-state index is 0.0519. The molecule has 18 heteroatoms. The van der Waals surface area contributed by atoms with E-state index in [0.29, 0.717) is 5.56 Å². The molecule has 1 aromatic carbocycles. The molecular weight excluding hydrogens is 819 g/mol. The van der Waals surface area contributed by atoms with E-state index >= 15 is 4.79 Å². The van der Waals surface area contributed by atoms with Crippen molar-refractivity contribution in [1.82, 2.24) is 5.32 Å². The maximum absolute atomic E-state index is 15.5. The fourth-order valence-electron chi connectivity index (χ4n) is 9.57. The number of alkyl carbamates (subject to hydrolysis) is 1. The molecule has 3 fully saturated rings. The number of thiophene rings is 1. The molecule has 0 spiro atoms. The van der Waals surface area contributed by atoms with E-state index in [1.54, 1.807) is 55.8 Å². The Morgan fingerprint density at radius 1 is 1.02 bits per heavy atom. The van der Waals surface area contributed by atoms with E-state index in [0.717, 1.165) is 14.0 Å². The Morgan fingerprint density at radius 2 is 1.69 bits per heavy atom. The zero-order chi connectivity index (χ0) is 45.0. The number of benzene rings is 1. The van der Waals surface area contributed by atoms with E-state index in [1.165, 1.54) is 51.2 Å². The van der Waals surface area contributed by atoms with E-state index in [9.17, 15) is 39.3 Å². The van der Waals surface area contributed by atoms with Gasteiger partial charge >= 0.3 is 30.2 Å². The lowest BCUT2D eigenvalue weighted by atomic mass is 9.44. The third-order valence-corrected chi connectivity index (χ3v) is 13.4. The average Bonchev–Trinajstić information content (AvgIpc) is 3.72. The summed E-state index contributed by atoms with van der Waals surface area (Å²) >= 11 is 1.24. The first-order valence-corrected chi connectivity index (χ1v) is 20.7. The van der Waals surface area contributed by atoms with Gasteiger partial charge in [-0.2, -0.15) is 11.3 Å². The maximum atomic E-state index is 15.5. The number of carbonyl (C=O) groups excluding carboxylic acids is 6. The van der Waals surface area contributed by atoms with Gasteiger partial charge in [-0.25, -0.2) is 19.2 Å². The molecule has 1 aliphatic heterocycles. The van der Waals surface area contributed by atoms with Crippen molar-refractivity contribution in [2.24, 2.45) is 16.7 Å². The molecule has 1 saturated heterocycles. The largest absolute Gasteiger partial charge is 0.509 e. The normalized spacial score (nSPS) is 32.5. The molecule has 61 heavy (non-hydrogen) atoms. The molecule has 4 N–H and O–H groups in total. The molecule has 4 aliphatic rings. The molecule has 332 valence electrons. The minimum atomic E-state index is -2.43. The number of carbonyl (C=O) groups is 6. The fraction of sp³-hybridized carbons (Fsp3) is 0.581. The first-order chi connectivity index (χ1) is 28.4. The number of hydrogen-bond acceptors (Lipinski definition) is 17. The van der Waals surface area contributed by atoms with Gasteiger partial charge in [0.2, 0.25) is 0 Å². The minimum Gasteiger partial charge on any atom is -0.456 e. The Bertz CT molecular complexity index is 2080. The van der Waals surface area contributed by atoms with Gasteiger partial charge in [-0.15, -0.1) is 0 Å². The van der Waals surface area contributed by atoms with Crippen molar-refractivity contribution in [3.63, 3.8) is 0 Å². The van der Waals surface area contributed by atoms with Crippen molar-refractivity contribution in [2.75, 3.05) is 13.7 Å². The van der Waals surface area contributed by atoms with Crippen molar-refractivity contribution < 1.29 is 77.2 Å². The summed E-state index contributed by atoms with van der Waals surface area (Å²) in [5.41, 5.74) is -8.55. The van der Waals surface area contributed by atoms with E-state index in [4.69, 9.17) is 33.2 Å². The number of ether oxygens (including phenoxy) is 7. The van der Waals surface area contributed by atoms with Gasteiger partial charge in [0.25, 0.3) is 0 Å². The highest BCUT2D eigenvalue weighted by Crippen LogP contribution is 2.64. The zero-order valence-electron chi connectivity index (χ0n) is 35.4. The highest BCUT2D eigenvalue weighted by molar-refractivity contribution is 7.08. The van der Waals surface area contributed by atoms with Crippen molar-refractivity contribution in [3.05, 3.63) is 69.4 Å². The Kier molecular flexibility index (Phi) is 12.3. The van der Waals surface area contributed by atoms with Crippen LogP contribution in [-0.2, 0) is 47.5 Å². The summed E-state index contributed by atoms with van der Waals surface area (Å²) < 4.78 is 40.3. The second kappa shape index (κ2) is 16.4. The van der Waals surface area contributed by atoms with Crippen LogP contribution in [0.15, 0.2) is 58.3 Å². The lowest BCUT2D eigenvalue weighted by Gasteiger charge is -2.67. The molecule has 2 heterocycles. The van der Waals surface area contributed by atoms with Crippen LogP contribution in [-0.4, -0.2) is 118 Å². The number of Topliss-reactive ketones (excluding diaryl/α,β-unsaturated/α-hetero) is 1. The number of hydrogen-bond donors (Lipinski definition) is 4. The van der Waals surface area contributed by atoms with E-state index in [2.05, 4.69) is 5.32 Å². The van der Waals surface area contributed by atoms with Crippen LogP contribution in [0.2, 0.25) is 0 Å². The Hall–Kier alpha value is -4.88. The Labute approximate surface area is 356 Å². The molecule has 2 unspecified atom stereocenters. The summed E-state index contributed by atoms with van der Waals surface area (Å²) in [6, 6.07) is 7.98. The number of esters is 3. The van der Waals surface area contributed by atoms with Crippen LogP contribution in [0.1, 0.15) is 90.2 Å². The van der Waals surface area contributed by atoms with E-state index in [1.807, 2.05) is 0 Å².